The number of alkyl halides is 3. The fraction of sp³-hybridized carbons (Fsp3) is 0.316. The van der Waals surface area contributed by atoms with Crippen LogP contribution in [0.15, 0.2) is 49.1 Å². The van der Waals surface area contributed by atoms with Gasteiger partial charge in [-0.2, -0.15) is 0 Å². The van der Waals surface area contributed by atoms with Crippen LogP contribution in [-0.2, 0) is 0 Å². The van der Waals surface area contributed by atoms with Gasteiger partial charge >= 0.3 is 6.36 Å². The Morgan fingerprint density at radius 2 is 1.79 bits per heavy atom. The van der Waals surface area contributed by atoms with Gasteiger partial charge in [0.05, 0.1) is 5.69 Å². The highest BCUT2D eigenvalue weighted by Gasteiger charge is 2.31. The van der Waals surface area contributed by atoms with Crippen molar-refractivity contribution in [2.45, 2.75) is 25.1 Å². The fourth-order valence-electron chi connectivity index (χ4n) is 3.39. The first-order valence-corrected chi connectivity index (χ1v) is 8.90. The molecule has 0 unspecified atom stereocenters. The molecule has 0 amide bonds. The molecule has 1 saturated heterocycles. The number of H-pyrrole nitrogens is 1. The standard InChI is InChI=1S/C19H18F3N5O/c20-19(21,22)28-15-3-1-13(2-4-15)16-11-17(26-12-25-16)27-9-5-14(6-10-27)18-23-7-8-24-18/h1-4,7-8,11-12,14H,5-6,9-10H2,(H,23,24). The molecule has 0 saturated carbocycles. The van der Waals surface area contributed by atoms with Crippen molar-refractivity contribution < 1.29 is 17.9 Å². The Hall–Kier alpha value is -3.10. The number of nitrogens with one attached hydrogen (secondary N) is 1. The van der Waals surface area contributed by atoms with E-state index in [0.29, 0.717) is 17.2 Å². The molecule has 2 aromatic heterocycles. The third-order valence-corrected chi connectivity index (χ3v) is 4.76. The van der Waals surface area contributed by atoms with Crippen molar-refractivity contribution in [3.05, 3.63) is 54.9 Å². The molecule has 3 heterocycles. The molecule has 9 heteroatoms. The van der Waals surface area contributed by atoms with Gasteiger partial charge in [-0.25, -0.2) is 15.0 Å². The molecule has 6 nitrogen and oxygen atoms in total. The second-order valence-corrected chi connectivity index (χ2v) is 6.57. The second-order valence-electron chi connectivity index (χ2n) is 6.57. The number of hydrogen-bond acceptors (Lipinski definition) is 5. The molecule has 28 heavy (non-hydrogen) atoms. The van der Waals surface area contributed by atoms with Crippen molar-refractivity contribution in [2.24, 2.45) is 0 Å². The van der Waals surface area contributed by atoms with Crippen LogP contribution in [0.4, 0.5) is 19.0 Å². The second kappa shape index (κ2) is 7.49. The lowest BCUT2D eigenvalue weighted by atomic mass is 9.96. The van der Waals surface area contributed by atoms with Crippen LogP contribution in [0.1, 0.15) is 24.6 Å². The summed E-state index contributed by atoms with van der Waals surface area (Å²) in [5.74, 6) is 1.97. The van der Waals surface area contributed by atoms with E-state index in [4.69, 9.17) is 0 Å². The SMILES string of the molecule is FC(F)(F)Oc1ccc(-c2cc(N3CCC(c4ncc[nH]4)CC3)ncn2)cc1. The lowest BCUT2D eigenvalue weighted by Crippen LogP contribution is -2.33. The zero-order valence-electron chi connectivity index (χ0n) is 14.9. The first-order chi connectivity index (χ1) is 13.5. The largest absolute Gasteiger partial charge is 0.573 e. The highest BCUT2D eigenvalue weighted by molar-refractivity contribution is 5.63. The lowest BCUT2D eigenvalue weighted by molar-refractivity contribution is -0.274. The van der Waals surface area contributed by atoms with E-state index in [1.54, 1.807) is 18.3 Å². The van der Waals surface area contributed by atoms with Crippen molar-refractivity contribution in [1.82, 2.24) is 19.9 Å². The van der Waals surface area contributed by atoms with E-state index in [1.165, 1.54) is 18.5 Å². The Labute approximate surface area is 159 Å². The average molecular weight is 389 g/mol. The number of benzene rings is 1. The van der Waals surface area contributed by atoms with Crippen LogP contribution >= 0.6 is 0 Å². The molecule has 1 fully saturated rings. The maximum atomic E-state index is 12.3. The minimum atomic E-state index is -4.70. The maximum absolute atomic E-state index is 12.3. The van der Waals surface area contributed by atoms with Crippen LogP contribution in [0.2, 0.25) is 0 Å². The number of anilines is 1. The number of rotatable bonds is 4. The number of piperidine rings is 1. The van der Waals surface area contributed by atoms with Crippen molar-refractivity contribution >= 4 is 5.82 Å². The molecule has 3 aromatic rings. The molecule has 146 valence electrons. The van der Waals surface area contributed by atoms with Crippen LogP contribution in [0.5, 0.6) is 5.75 Å². The molecule has 1 N–H and O–H groups in total. The van der Waals surface area contributed by atoms with E-state index in [-0.39, 0.29) is 5.75 Å². The van der Waals surface area contributed by atoms with Gasteiger partial charge in [-0.15, -0.1) is 13.2 Å². The van der Waals surface area contributed by atoms with Crippen LogP contribution in [0, 0.1) is 0 Å². The minimum Gasteiger partial charge on any atom is -0.406 e. The number of hydrogen-bond donors (Lipinski definition) is 1. The molecule has 4 rings (SSSR count). The van der Waals surface area contributed by atoms with E-state index in [1.807, 2.05) is 12.3 Å². The summed E-state index contributed by atoms with van der Waals surface area (Å²) in [6.45, 7) is 1.69. The third kappa shape index (κ3) is 4.24. The van der Waals surface area contributed by atoms with Crippen LogP contribution in [0.25, 0.3) is 11.3 Å². The minimum absolute atomic E-state index is 0.259. The summed E-state index contributed by atoms with van der Waals surface area (Å²) in [4.78, 5) is 18.3. The normalized spacial score (nSPS) is 15.6. The monoisotopic (exact) mass is 389 g/mol. The molecule has 0 aliphatic carbocycles. The average Bonchev–Trinajstić information content (AvgIpc) is 3.22. The van der Waals surface area contributed by atoms with E-state index in [2.05, 4.69) is 29.6 Å². The van der Waals surface area contributed by atoms with Gasteiger partial charge < -0.3 is 14.6 Å². The molecule has 1 aliphatic rings. The topological polar surface area (TPSA) is 66.9 Å². The van der Waals surface area contributed by atoms with Crippen molar-refractivity contribution in [1.29, 1.82) is 0 Å². The third-order valence-electron chi connectivity index (χ3n) is 4.76. The van der Waals surface area contributed by atoms with Gasteiger partial charge in [0.2, 0.25) is 0 Å². The van der Waals surface area contributed by atoms with Gasteiger partial charge in [0.25, 0.3) is 0 Å². The van der Waals surface area contributed by atoms with E-state index >= 15 is 0 Å². The number of ether oxygens (including phenoxy) is 1. The summed E-state index contributed by atoms with van der Waals surface area (Å²) in [5.41, 5.74) is 1.35. The lowest BCUT2D eigenvalue weighted by Gasteiger charge is -2.32. The summed E-state index contributed by atoms with van der Waals surface area (Å²) >= 11 is 0. The summed E-state index contributed by atoms with van der Waals surface area (Å²) in [7, 11) is 0. The molecule has 1 aliphatic heterocycles. The van der Waals surface area contributed by atoms with Gasteiger partial charge in [0.1, 0.15) is 23.7 Å². The van der Waals surface area contributed by atoms with Crippen LogP contribution in [0.3, 0.4) is 0 Å². The van der Waals surface area contributed by atoms with Crippen molar-refractivity contribution in [3.8, 4) is 17.0 Å². The molecule has 0 spiro atoms. The summed E-state index contributed by atoms with van der Waals surface area (Å²) in [6, 6.07) is 7.51. The first-order valence-electron chi connectivity index (χ1n) is 8.90. The Balaban J connectivity index is 1.45. The summed E-state index contributed by atoms with van der Waals surface area (Å²) in [5, 5.41) is 0. The highest BCUT2D eigenvalue weighted by atomic mass is 19.4. The fourth-order valence-corrected chi connectivity index (χ4v) is 3.39. The summed E-state index contributed by atoms with van der Waals surface area (Å²) in [6.07, 6.45) is 2.31. The number of halogens is 3. The summed E-state index contributed by atoms with van der Waals surface area (Å²) < 4.78 is 40.8. The Bertz CT molecular complexity index is 904. The van der Waals surface area contributed by atoms with Gasteiger partial charge in [-0.3, -0.25) is 0 Å². The number of nitrogens with zero attached hydrogens (tertiary/aromatic N) is 4. The number of aromatic nitrogens is 4. The number of aromatic amines is 1. The predicted octanol–water partition coefficient (Wildman–Crippen LogP) is 4.15. The molecule has 1 aromatic carbocycles. The van der Waals surface area contributed by atoms with E-state index < -0.39 is 6.36 Å². The van der Waals surface area contributed by atoms with Crippen LogP contribution < -0.4 is 9.64 Å². The molecular weight excluding hydrogens is 371 g/mol. The Kier molecular flexibility index (Phi) is 4.89. The first kappa shape index (κ1) is 18.3. The zero-order valence-corrected chi connectivity index (χ0v) is 14.9. The quantitative estimate of drug-likeness (QED) is 0.726. The number of imidazole rings is 1. The van der Waals surface area contributed by atoms with E-state index in [9.17, 15) is 13.2 Å². The van der Waals surface area contributed by atoms with E-state index in [0.717, 1.165) is 37.6 Å². The maximum Gasteiger partial charge on any atom is 0.573 e. The predicted molar refractivity (Wildman–Crippen MR) is 96.9 cm³/mol. The molecule has 0 bridgehead atoms. The Morgan fingerprint density at radius 1 is 1.04 bits per heavy atom. The van der Waals surface area contributed by atoms with Gasteiger partial charge in [0, 0.05) is 43.0 Å². The zero-order chi connectivity index (χ0) is 19.6. The van der Waals surface area contributed by atoms with Crippen molar-refractivity contribution in [3.63, 3.8) is 0 Å². The molecule has 0 radical (unpaired) electrons. The molecular formula is C19H18F3N5O. The van der Waals surface area contributed by atoms with Gasteiger partial charge in [0.15, 0.2) is 0 Å². The highest BCUT2D eigenvalue weighted by Crippen LogP contribution is 2.30. The van der Waals surface area contributed by atoms with Gasteiger partial charge in [-0.1, -0.05) is 0 Å². The van der Waals surface area contributed by atoms with Crippen molar-refractivity contribution in [2.75, 3.05) is 18.0 Å². The smallest absolute Gasteiger partial charge is 0.406 e. The Morgan fingerprint density at radius 3 is 2.43 bits per heavy atom. The van der Waals surface area contributed by atoms with Gasteiger partial charge in [-0.05, 0) is 37.1 Å². The molecule has 0 atom stereocenters. The van der Waals surface area contributed by atoms with Crippen LogP contribution in [-0.4, -0.2) is 39.4 Å².